The summed E-state index contributed by atoms with van der Waals surface area (Å²) in [5.74, 6) is 0.245. The molecule has 3 N–H and O–H groups in total. The number of nitrogens with one attached hydrogen (secondary N) is 1. The fraction of sp³-hybridized carbons (Fsp3) is 0.588. The van der Waals surface area contributed by atoms with Gasteiger partial charge in [-0.25, -0.2) is 13.1 Å². The maximum atomic E-state index is 12.8. The minimum atomic E-state index is -3.65. The van der Waals surface area contributed by atoms with Gasteiger partial charge in [0.2, 0.25) is 15.9 Å². The molecular weight excluding hydrogens is 362 g/mol. The Kier molecular flexibility index (Phi) is 6.48. The van der Waals surface area contributed by atoms with Gasteiger partial charge >= 0.3 is 0 Å². The van der Waals surface area contributed by atoms with E-state index in [2.05, 4.69) is 4.72 Å². The van der Waals surface area contributed by atoms with Crippen molar-refractivity contribution in [3.05, 3.63) is 23.8 Å². The number of fused-ring (bicyclic) bond motifs is 1. The zero-order chi connectivity index (χ0) is 17.3. The summed E-state index contributed by atoms with van der Waals surface area (Å²) in [6, 6.07) is 4.80. The Bertz CT molecular complexity index is 733. The number of hydrogen-bond donors (Lipinski definition) is 2. The van der Waals surface area contributed by atoms with E-state index in [9.17, 15) is 13.2 Å². The summed E-state index contributed by atoms with van der Waals surface area (Å²) in [5.41, 5.74) is 7.52. The lowest BCUT2D eigenvalue weighted by atomic mass is 9.99. The van der Waals surface area contributed by atoms with Crippen molar-refractivity contribution in [1.82, 2.24) is 4.72 Å². The van der Waals surface area contributed by atoms with Crippen LogP contribution in [0.3, 0.4) is 0 Å². The molecule has 1 aliphatic carbocycles. The summed E-state index contributed by atoms with van der Waals surface area (Å²) in [5, 5.41) is 0. The van der Waals surface area contributed by atoms with E-state index in [4.69, 9.17) is 5.73 Å². The Morgan fingerprint density at radius 3 is 2.64 bits per heavy atom. The lowest BCUT2D eigenvalue weighted by molar-refractivity contribution is -0.116. The molecule has 0 saturated heterocycles. The van der Waals surface area contributed by atoms with E-state index < -0.39 is 10.0 Å². The van der Waals surface area contributed by atoms with E-state index in [0.29, 0.717) is 24.7 Å². The molecule has 1 atom stereocenters. The lowest BCUT2D eigenvalue weighted by Gasteiger charge is -2.23. The van der Waals surface area contributed by atoms with E-state index >= 15 is 0 Å². The molecule has 1 heterocycles. The topological polar surface area (TPSA) is 92.5 Å². The van der Waals surface area contributed by atoms with Gasteiger partial charge in [0.1, 0.15) is 0 Å². The maximum absolute atomic E-state index is 12.8. The molecule has 25 heavy (non-hydrogen) atoms. The number of nitrogens with two attached hydrogens (primary N) is 1. The molecule has 1 saturated carbocycles. The predicted octanol–water partition coefficient (Wildman–Crippen LogP) is 1.81. The fourth-order valence-corrected chi connectivity index (χ4v) is 5.15. The largest absolute Gasteiger partial charge is 0.329 e. The van der Waals surface area contributed by atoms with Gasteiger partial charge in [0.25, 0.3) is 0 Å². The Hall–Kier alpha value is -1.15. The van der Waals surface area contributed by atoms with Gasteiger partial charge in [0.15, 0.2) is 0 Å². The monoisotopic (exact) mass is 387 g/mol. The summed E-state index contributed by atoms with van der Waals surface area (Å²) in [6.45, 7) is 2.41. The SMILES string of the molecule is CC(=O)N1CCc2ccc(S(=O)(=O)NC(CN)C3CCCC3)cc21.Cl. The highest BCUT2D eigenvalue weighted by molar-refractivity contribution is 7.89. The summed E-state index contributed by atoms with van der Waals surface area (Å²) in [4.78, 5) is 13.5. The molecule has 1 aromatic carbocycles. The average Bonchev–Trinajstić information content (AvgIpc) is 3.21. The molecular formula is C17H26ClN3O3S. The van der Waals surface area contributed by atoms with Crippen LogP contribution in [0.5, 0.6) is 0 Å². The Labute approximate surface area is 155 Å². The van der Waals surface area contributed by atoms with Gasteiger partial charge in [-0.05, 0) is 42.9 Å². The quantitative estimate of drug-likeness (QED) is 0.805. The van der Waals surface area contributed by atoms with Gasteiger partial charge in [0, 0.05) is 31.7 Å². The third-order valence-electron chi connectivity index (χ3n) is 5.17. The molecule has 1 aromatic rings. The van der Waals surface area contributed by atoms with E-state index in [1.165, 1.54) is 6.92 Å². The number of carbonyl (C=O) groups excluding carboxylic acids is 1. The van der Waals surface area contributed by atoms with Gasteiger partial charge in [-0.1, -0.05) is 18.9 Å². The first kappa shape index (κ1) is 20.2. The molecule has 6 nitrogen and oxygen atoms in total. The molecule has 8 heteroatoms. The van der Waals surface area contributed by atoms with Gasteiger partial charge < -0.3 is 10.6 Å². The van der Waals surface area contributed by atoms with Crippen molar-refractivity contribution in [2.24, 2.45) is 11.7 Å². The van der Waals surface area contributed by atoms with Crippen LogP contribution in [0.25, 0.3) is 0 Å². The van der Waals surface area contributed by atoms with Crippen molar-refractivity contribution >= 4 is 34.0 Å². The fourth-order valence-electron chi connectivity index (χ4n) is 3.82. The number of carbonyl (C=O) groups is 1. The molecule has 1 amide bonds. The third kappa shape index (κ3) is 4.16. The molecule has 1 unspecified atom stereocenters. The van der Waals surface area contributed by atoms with Crippen LogP contribution >= 0.6 is 12.4 Å². The Balaban J connectivity index is 0.00000225. The number of benzene rings is 1. The smallest absolute Gasteiger partial charge is 0.240 e. The van der Waals surface area contributed by atoms with E-state index in [-0.39, 0.29) is 29.3 Å². The van der Waals surface area contributed by atoms with Crippen molar-refractivity contribution in [3.8, 4) is 0 Å². The first-order valence-corrected chi connectivity index (χ1v) is 10.0. The highest BCUT2D eigenvalue weighted by Crippen LogP contribution is 2.32. The molecule has 2 aliphatic rings. The van der Waals surface area contributed by atoms with Crippen LogP contribution in [0.2, 0.25) is 0 Å². The summed E-state index contributed by atoms with van der Waals surface area (Å²) < 4.78 is 28.3. The number of halogens is 1. The molecule has 0 aromatic heterocycles. The van der Waals surface area contributed by atoms with Crippen LogP contribution in [0.4, 0.5) is 5.69 Å². The number of nitrogens with zero attached hydrogens (tertiary/aromatic N) is 1. The minimum absolute atomic E-state index is 0. The van der Waals surface area contributed by atoms with Crippen LogP contribution in [-0.4, -0.2) is 33.5 Å². The highest BCUT2D eigenvalue weighted by Gasteiger charge is 2.30. The summed E-state index contributed by atoms with van der Waals surface area (Å²) in [6.07, 6.45) is 5.07. The zero-order valence-electron chi connectivity index (χ0n) is 14.4. The highest BCUT2D eigenvalue weighted by atomic mass is 35.5. The third-order valence-corrected chi connectivity index (χ3v) is 6.66. The Morgan fingerprint density at radius 1 is 1.36 bits per heavy atom. The van der Waals surface area contributed by atoms with Crippen LogP contribution in [0, 0.1) is 5.92 Å². The van der Waals surface area contributed by atoms with Crippen LogP contribution in [-0.2, 0) is 21.2 Å². The first-order chi connectivity index (χ1) is 11.4. The molecule has 3 rings (SSSR count). The molecule has 1 aliphatic heterocycles. The summed E-state index contributed by atoms with van der Waals surface area (Å²) >= 11 is 0. The van der Waals surface area contributed by atoms with Crippen molar-refractivity contribution in [2.75, 3.05) is 18.0 Å². The van der Waals surface area contributed by atoms with Crippen LogP contribution in [0.1, 0.15) is 38.2 Å². The second kappa shape index (κ2) is 8.03. The normalized spacial score (nSPS) is 18.7. The number of anilines is 1. The molecule has 0 spiro atoms. The molecule has 1 fully saturated rings. The average molecular weight is 388 g/mol. The second-order valence-corrected chi connectivity index (χ2v) is 8.43. The Morgan fingerprint density at radius 2 is 2.04 bits per heavy atom. The van der Waals surface area contributed by atoms with Crippen LogP contribution < -0.4 is 15.4 Å². The van der Waals surface area contributed by atoms with E-state index in [0.717, 1.165) is 37.7 Å². The molecule has 0 radical (unpaired) electrons. The zero-order valence-corrected chi connectivity index (χ0v) is 16.0. The number of sulfonamides is 1. The van der Waals surface area contributed by atoms with Crippen molar-refractivity contribution in [2.45, 2.75) is 50.0 Å². The first-order valence-electron chi connectivity index (χ1n) is 8.56. The summed E-state index contributed by atoms with van der Waals surface area (Å²) in [7, 11) is -3.65. The van der Waals surface area contributed by atoms with Crippen molar-refractivity contribution in [1.29, 1.82) is 0 Å². The standard InChI is InChI=1S/C17H25N3O3S.ClH/c1-12(21)20-9-8-14-6-7-15(10-17(14)20)24(22,23)19-16(11-18)13-4-2-3-5-13;/h6-7,10,13,16,19H,2-5,8-9,11,18H2,1H3;1H. The second-order valence-electron chi connectivity index (χ2n) is 6.72. The molecule has 0 bridgehead atoms. The molecule has 140 valence electrons. The van der Waals surface area contributed by atoms with Gasteiger partial charge in [-0.15, -0.1) is 12.4 Å². The lowest BCUT2D eigenvalue weighted by Crippen LogP contribution is -2.44. The van der Waals surface area contributed by atoms with E-state index in [1.807, 2.05) is 0 Å². The predicted molar refractivity (Wildman–Crippen MR) is 101 cm³/mol. The van der Waals surface area contributed by atoms with Crippen molar-refractivity contribution < 1.29 is 13.2 Å². The van der Waals surface area contributed by atoms with E-state index in [1.54, 1.807) is 23.1 Å². The van der Waals surface area contributed by atoms with Gasteiger partial charge in [-0.2, -0.15) is 0 Å². The van der Waals surface area contributed by atoms with Gasteiger partial charge in [0.05, 0.1) is 4.90 Å². The maximum Gasteiger partial charge on any atom is 0.240 e. The minimum Gasteiger partial charge on any atom is -0.329 e. The number of hydrogen-bond acceptors (Lipinski definition) is 4. The van der Waals surface area contributed by atoms with Crippen LogP contribution in [0.15, 0.2) is 23.1 Å². The van der Waals surface area contributed by atoms with Crippen molar-refractivity contribution in [3.63, 3.8) is 0 Å². The number of amides is 1. The van der Waals surface area contributed by atoms with Gasteiger partial charge in [-0.3, -0.25) is 4.79 Å². The number of rotatable bonds is 5.